The standard InChI is InChI=1S/C16H21ClN2OS/c1-4-20-16(8-6-5-7-9-16)15-18-13(17)12-10(2)11(3)21-14(12)19-15/h4-9H2,1-3H3. The van der Waals surface area contributed by atoms with E-state index in [1.165, 1.54) is 29.7 Å². The van der Waals surface area contributed by atoms with Crippen molar-refractivity contribution in [1.82, 2.24) is 9.97 Å². The first-order chi connectivity index (χ1) is 10.1. The number of rotatable bonds is 3. The maximum atomic E-state index is 6.46. The van der Waals surface area contributed by atoms with Gasteiger partial charge >= 0.3 is 0 Å². The molecule has 1 fully saturated rings. The Labute approximate surface area is 134 Å². The van der Waals surface area contributed by atoms with Crippen LogP contribution in [0.5, 0.6) is 0 Å². The van der Waals surface area contributed by atoms with Crippen LogP contribution in [0, 0.1) is 13.8 Å². The molecule has 2 aromatic heterocycles. The summed E-state index contributed by atoms with van der Waals surface area (Å²) in [6, 6.07) is 0. The molecule has 21 heavy (non-hydrogen) atoms. The molecule has 1 saturated carbocycles. The number of halogens is 1. The summed E-state index contributed by atoms with van der Waals surface area (Å²) in [4.78, 5) is 11.7. The third-order valence-electron chi connectivity index (χ3n) is 4.47. The normalized spacial score (nSPS) is 18.3. The average molecular weight is 325 g/mol. The van der Waals surface area contributed by atoms with E-state index in [-0.39, 0.29) is 5.60 Å². The van der Waals surface area contributed by atoms with E-state index in [0.29, 0.717) is 11.8 Å². The summed E-state index contributed by atoms with van der Waals surface area (Å²) < 4.78 is 6.12. The molecule has 0 N–H and O–H groups in total. The summed E-state index contributed by atoms with van der Waals surface area (Å²) in [5.74, 6) is 0.780. The van der Waals surface area contributed by atoms with E-state index in [2.05, 4.69) is 18.8 Å². The average Bonchev–Trinajstić information content (AvgIpc) is 2.76. The Hall–Kier alpha value is -0.710. The minimum absolute atomic E-state index is 0.337. The molecule has 0 bridgehead atoms. The first-order valence-electron chi connectivity index (χ1n) is 7.65. The summed E-state index contributed by atoms with van der Waals surface area (Å²) in [5.41, 5.74) is 0.858. The molecule has 0 atom stereocenters. The molecule has 0 saturated heterocycles. The van der Waals surface area contributed by atoms with E-state index in [0.717, 1.165) is 28.9 Å². The van der Waals surface area contributed by atoms with Crippen molar-refractivity contribution in [3.05, 3.63) is 21.4 Å². The third-order valence-corrected chi connectivity index (χ3v) is 5.85. The van der Waals surface area contributed by atoms with Crippen molar-refractivity contribution in [1.29, 1.82) is 0 Å². The van der Waals surface area contributed by atoms with E-state index in [9.17, 15) is 0 Å². The summed E-state index contributed by atoms with van der Waals surface area (Å²) in [7, 11) is 0. The number of hydrogen-bond donors (Lipinski definition) is 0. The number of fused-ring (bicyclic) bond motifs is 1. The molecule has 0 unspecified atom stereocenters. The number of nitrogens with zero attached hydrogens (tertiary/aromatic N) is 2. The van der Waals surface area contributed by atoms with Gasteiger partial charge in [-0.25, -0.2) is 9.97 Å². The quantitative estimate of drug-likeness (QED) is 0.732. The second-order valence-electron chi connectivity index (χ2n) is 5.79. The molecular weight excluding hydrogens is 304 g/mol. The van der Waals surface area contributed by atoms with E-state index in [4.69, 9.17) is 21.3 Å². The SMILES string of the molecule is CCOC1(c2nc(Cl)c3c(C)c(C)sc3n2)CCCCC1. The molecular formula is C16H21ClN2OS. The lowest BCUT2D eigenvalue weighted by atomic mass is 9.84. The lowest BCUT2D eigenvalue weighted by molar-refractivity contribution is -0.0764. The molecule has 2 heterocycles. The van der Waals surface area contributed by atoms with Crippen LogP contribution in [0.3, 0.4) is 0 Å². The van der Waals surface area contributed by atoms with Crippen LogP contribution >= 0.6 is 22.9 Å². The predicted octanol–water partition coefficient (Wildman–Crippen LogP) is 5.16. The highest BCUT2D eigenvalue weighted by Gasteiger charge is 2.38. The minimum Gasteiger partial charge on any atom is -0.367 e. The lowest BCUT2D eigenvalue weighted by Gasteiger charge is -2.35. The monoisotopic (exact) mass is 324 g/mol. The molecule has 0 amide bonds. The molecule has 3 rings (SSSR count). The molecule has 0 aliphatic heterocycles. The predicted molar refractivity (Wildman–Crippen MR) is 88.3 cm³/mol. The van der Waals surface area contributed by atoms with E-state index >= 15 is 0 Å². The van der Waals surface area contributed by atoms with Crippen molar-refractivity contribution < 1.29 is 4.74 Å². The van der Waals surface area contributed by atoms with Crippen LogP contribution < -0.4 is 0 Å². The number of thiophene rings is 1. The second kappa shape index (κ2) is 5.82. The Balaban J connectivity index is 2.14. The van der Waals surface area contributed by atoms with Gasteiger partial charge in [-0.05, 0) is 39.2 Å². The van der Waals surface area contributed by atoms with Crippen LogP contribution in [0.25, 0.3) is 10.2 Å². The second-order valence-corrected chi connectivity index (χ2v) is 7.35. The van der Waals surface area contributed by atoms with Gasteiger partial charge < -0.3 is 4.74 Å². The van der Waals surface area contributed by atoms with Crippen molar-refractivity contribution in [2.75, 3.05) is 6.61 Å². The Morgan fingerprint density at radius 2 is 1.90 bits per heavy atom. The molecule has 3 nitrogen and oxygen atoms in total. The highest BCUT2D eigenvalue weighted by molar-refractivity contribution is 7.18. The van der Waals surface area contributed by atoms with Gasteiger partial charge in [0.15, 0.2) is 5.82 Å². The molecule has 1 aliphatic carbocycles. The molecule has 0 radical (unpaired) electrons. The van der Waals surface area contributed by atoms with Gasteiger partial charge in [-0.15, -0.1) is 11.3 Å². The van der Waals surface area contributed by atoms with Gasteiger partial charge in [0.25, 0.3) is 0 Å². The zero-order valence-electron chi connectivity index (χ0n) is 12.8. The molecule has 2 aromatic rings. The third kappa shape index (κ3) is 2.58. The summed E-state index contributed by atoms with van der Waals surface area (Å²) >= 11 is 8.16. The van der Waals surface area contributed by atoms with Crippen molar-refractivity contribution >= 4 is 33.2 Å². The largest absolute Gasteiger partial charge is 0.367 e. The van der Waals surface area contributed by atoms with Gasteiger partial charge in [0.05, 0.1) is 5.39 Å². The summed E-state index contributed by atoms with van der Waals surface area (Å²) in [5, 5.41) is 1.58. The fourth-order valence-electron chi connectivity index (χ4n) is 3.24. The van der Waals surface area contributed by atoms with E-state index in [1.54, 1.807) is 11.3 Å². The van der Waals surface area contributed by atoms with Crippen LogP contribution in [0.2, 0.25) is 5.15 Å². The number of aromatic nitrogens is 2. The van der Waals surface area contributed by atoms with Gasteiger partial charge in [-0.1, -0.05) is 30.9 Å². The van der Waals surface area contributed by atoms with E-state index < -0.39 is 0 Å². The van der Waals surface area contributed by atoms with Gasteiger partial charge in [-0.3, -0.25) is 0 Å². The van der Waals surface area contributed by atoms with Crippen molar-refractivity contribution in [3.8, 4) is 0 Å². The molecule has 114 valence electrons. The highest BCUT2D eigenvalue weighted by atomic mass is 35.5. The Kier molecular flexibility index (Phi) is 4.21. The molecule has 5 heteroatoms. The number of hydrogen-bond acceptors (Lipinski definition) is 4. The van der Waals surface area contributed by atoms with Crippen LogP contribution in [0.4, 0.5) is 0 Å². The maximum absolute atomic E-state index is 6.46. The van der Waals surface area contributed by atoms with Crippen LogP contribution in [-0.4, -0.2) is 16.6 Å². The van der Waals surface area contributed by atoms with Crippen LogP contribution in [0.15, 0.2) is 0 Å². The van der Waals surface area contributed by atoms with Crippen molar-refractivity contribution in [2.45, 2.75) is 58.5 Å². The smallest absolute Gasteiger partial charge is 0.163 e. The van der Waals surface area contributed by atoms with Crippen molar-refractivity contribution in [3.63, 3.8) is 0 Å². The zero-order valence-corrected chi connectivity index (χ0v) is 14.4. The van der Waals surface area contributed by atoms with Gasteiger partial charge in [0.1, 0.15) is 15.6 Å². The van der Waals surface area contributed by atoms with E-state index in [1.807, 2.05) is 6.92 Å². The van der Waals surface area contributed by atoms with Crippen molar-refractivity contribution in [2.24, 2.45) is 0 Å². The molecule has 0 aromatic carbocycles. The zero-order chi connectivity index (χ0) is 15.0. The highest BCUT2D eigenvalue weighted by Crippen LogP contribution is 2.41. The Bertz CT molecular complexity index is 656. The minimum atomic E-state index is -0.337. The first-order valence-corrected chi connectivity index (χ1v) is 8.84. The van der Waals surface area contributed by atoms with Crippen LogP contribution in [0.1, 0.15) is 55.3 Å². The van der Waals surface area contributed by atoms with Gasteiger partial charge in [-0.2, -0.15) is 0 Å². The van der Waals surface area contributed by atoms with Gasteiger partial charge in [0, 0.05) is 11.5 Å². The molecule has 0 spiro atoms. The number of aryl methyl sites for hydroxylation is 2. The Morgan fingerprint density at radius 1 is 1.19 bits per heavy atom. The lowest BCUT2D eigenvalue weighted by Crippen LogP contribution is -2.34. The maximum Gasteiger partial charge on any atom is 0.163 e. The number of ether oxygens (including phenoxy) is 1. The van der Waals surface area contributed by atoms with Crippen LogP contribution in [-0.2, 0) is 10.3 Å². The fraction of sp³-hybridized carbons (Fsp3) is 0.625. The topological polar surface area (TPSA) is 35.0 Å². The Morgan fingerprint density at radius 3 is 2.57 bits per heavy atom. The summed E-state index contributed by atoms with van der Waals surface area (Å²) in [6.07, 6.45) is 5.59. The fourth-order valence-corrected chi connectivity index (χ4v) is 4.63. The molecule has 1 aliphatic rings. The summed E-state index contributed by atoms with van der Waals surface area (Å²) in [6.45, 7) is 6.91. The first kappa shape index (κ1) is 15.2. The van der Waals surface area contributed by atoms with Gasteiger partial charge in [0.2, 0.25) is 0 Å².